The van der Waals surface area contributed by atoms with Crippen molar-refractivity contribution in [3.8, 4) is 0 Å². The predicted octanol–water partition coefficient (Wildman–Crippen LogP) is 2.04. The van der Waals surface area contributed by atoms with Gasteiger partial charge >= 0.3 is 0 Å². The van der Waals surface area contributed by atoms with Crippen LogP contribution in [0.4, 0.5) is 5.13 Å². The first kappa shape index (κ1) is 12.8. The number of rotatable bonds is 7. The maximum atomic E-state index is 5.17. The van der Waals surface area contributed by atoms with Gasteiger partial charge in [-0.1, -0.05) is 0 Å². The van der Waals surface area contributed by atoms with Crippen LogP contribution in [0.3, 0.4) is 0 Å². The zero-order valence-electron chi connectivity index (χ0n) is 10.8. The number of anilines is 1. The number of aromatic nitrogens is 1. The molecule has 0 saturated heterocycles. The summed E-state index contributed by atoms with van der Waals surface area (Å²) in [5.74, 6) is 0. The SMILES string of the molecule is CNC(C)c1csc(N(CCOC)C2CC2)n1. The van der Waals surface area contributed by atoms with Gasteiger partial charge in [0.05, 0.1) is 12.3 Å². The number of hydrogen-bond acceptors (Lipinski definition) is 5. The molecule has 1 atom stereocenters. The Morgan fingerprint density at radius 1 is 1.65 bits per heavy atom. The van der Waals surface area contributed by atoms with Crippen LogP contribution in [0.25, 0.3) is 0 Å². The van der Waals surface area contributed by atoms with Gasteiger partial charge in [-0.05, 0) is 26.8 Å². The maximum absolute atomic E-state index is 5.17. The molecule has 1 fully saturated rings. The minimum Gasteiger partial charge on any atom is -0.383 e. The third-order valence-electron chi connectivity index (χ3n) is 3.16. The van der Waals surface area contributed by atoms with E-state index in [-0.39, 0.29) is 0 Å². The summed E-state index contributed by atoms with van der Waals surface area (Å²) in [6.45, 7) is 3.85. The van der Waals surface area contributed by atoms with E-state index >= 15 is 0 Å². The number of hydrogen-bond donors (Lipinski definition) is 1. The van der Waals surface area contributed by atoms with E-state index < -0.39 is 0 Å². The van der Waals surface area contributed by atoms with Crippen LogP contribution in [-0.2, 0) is 4.74 Å². The molecule has 1 unspecified atom stereocenters. The van der Waals surface area contributed by atoms with Crippen LogP contribution in [0.5, 0.6) is 0 Å². The molecule has 2 rings (SSSR count). The lowest BCUT2D eigenvalue weighted by molar-refractivity contribution is 0.205. The number of ether oxygens (including phenoxy) is 1. The van der Waals surface area contributed by atoms with Crippen LogP contribution in [0.1, 0.15) is 31.5 Å². The average Bonchev–Trinajstić information content (AvgIpc) is 3.06. The van der Waals surface area contributed by atoms with E-state index in [9.17, 15) is 0 Å². The third kappa shape index (κ3) is 3.18. The molecular formula is C12H21N3OS. The van der Waals surface area contributed by atoms with E-state index in [0.29, 0.717) is 12.1 Å². The molecule has 1 aliphatic carbocycles. The van der Waals surface area contributed by atoms with Gasteiger partial charge in [0, 0.05) is 31.1 Å². The average molecular weight is 255 g/mol. The molecule has 1 N–H and O–H groups in total. The molecule has 17 heavy (non-hydrogen) atoms. The second-order valence-corrected chi connectivity index (χ2v) is 5.32. The maximum Gasteiger partial charge on any atom is 0.185 e. The standard InChI is InChI=1S/C12H21N3OS/c1-9(13-2)11-8-17-12(14-11)15(6-7-16-3)10-4-5-10/h8-10,13H,4-7H2,1-3H3. The number of nitrogens with zero attached hydrogens (tertiary/aromatic N) is 2. The summed E-state index contributed by atoms with van der Waals surface area (Å²) in [6, 6.07) is 1.01. The molecule has 1 aliphatic rings. The van der Waals surface area contributed by atoms with Gasteiger partial charge in [0.15, 0.2) is 5.13 Å². The molecule has 96 valence electrons. The predicted molar refractivity (Wildman–Crippen MR) is 71.8 cm³/mol. The van der Waals surface area contributed by atoms with Gasteiger partial charge in [-0.25, -0.2) is 4.98 Å². The largest absolute Gasteiger partial charge is 0.383 e. The van der Waals surface area contributed by atoms with Gasteiger partial charge in [-0.15, -0.1) is 11.3 Å². The molecule has 0 aromatic carbocycles. The topological polar surface area (TPSA) is 37.4 Å². The molecule has 0 bridgehead atoms. The molecule has 5 heteroatoms. The van der Waals surface area contributed by atoms with Crippen LogP contribution >= 0.6 is 11.3 Å². The van der Waals surface area contributed by atoms with Gasteiger partial charge in [-0.2, -0.15) is 0 Å². The first-order valence-corrected chi connectivity index (χ1v) is 7.02. The Hall–Kier alpha value is -0.650. The van der Waals surface area contributed by atoms with Gasteiger partial charge < -0.3 is 15.0 Å². The van der Waals surface area contributed by atoms with Crippen LogP contribution < -0.4 is 10.2 Å². The molecular weight excluding hydrogens is 234 g/mol. The second kappa shape index (κ2) is 5.80. The fourth-order valence-electron chi connectivity index (χ4n) is 1.77. The Morgan fingerprint density at radius 2 is 2.41 bits per heavy atom. The first-order valence-electron chi connectivity index (χ1n) is 6.14. The van der Waals surface area contributed by atoms with E-state index in [0.717, 1.165) is 24.0 Å². The Bertz CT molecular complexity index is 351. The summed E-state index contributed by atoms with van der Waals surface area (Å²) in [5, 5.41) is 6.51. The summed E-state index contributed by atoms with van der Waals surface area (Å²) >= 11 is 1.74. The highest BCUT2D eigenvalue weighted by molar-refractivity contribution is 7.13. The Labute approximate surface area is 107 Å². The van der Waals surface area contributed by atoms with Crippen molar-refractivity contribution in [2.24, 2.45) is 0 Å². The number of methoxy groups -OCH3 is 1. The highest BCUT2D eigenvalue weighted by Crippen LogP contribution is 2.34. The van der Waals surface area contributed by atoms with Gasteiger partial charge in [-0.3, -0.25) is 0 Å². The summed E-state index contributed by atoms with van der Waals surface area (Å²) in [4.78, 5) is 7.11. The smallest absolute Gasteiger partial charge is 0.185 e. The number of thiazole rings is 1. The zero-order valence-corrected chi connectivity index (χ0v) is 11.6. The van der Waals surface area contributed by atoms with Crippen LogP contribution in [-0.4, -0.2) is 38.3 Å². The highest BCUT2D eigenvalue weighted by Gasteiger charge is 2.30. The molecule has 0 aliphatic heterocycles. The van der Waals surface area contributed by atoms with E-state index in [2.05, 4.69) is 22.5 Å². The third-order valence-corrected chi connectivity index (χ3v) is 4.05. The molecule has 0 amide bonds. The van der Waals surface area contributed by atoms with Gasteiger partial charge in [0.25, 0.3) is 0 Å². The molecule has 4 nitrogen and oxygen atoms in total. The minimum atomic E-state index is 0.323. The van der Waals surface area contributed by atoms with Crippen molar-refractivity contribution in [1.82, 2.24) is 10.3 Å². The van der Waals surface area contributed by atoms with Crippen LogP contribution in [0.15, 0.2) is 5.38 Å². The zero-order chi connectivity index (χ0) is 12.3. The molecule has 1 aromatic heterocycles. The van der Waals surface area contributed by atoms with E-state index in [1.807, 2.05) is 7.05 Å². The quantitative estimate of drug-likeness (QED) is 0.809. The fourth-order valence-corrected chi connectivity index (χ4v) is 2.78. The van der Waals surface area contributed by atoms with Gasteiger partial charge in [0.2, 0.25) is 0 Å². The summed E-state index contributed by atoms with van der Waals surface area (Å²) < 4.78 is 5.17. The highest BCUT2D eigenvalue weighted by atomic mass is 32.1. The van der Waals surface area contributed by atoms with Crippen molar-refractivity contribution in [1.29, 1.82) is 0 Å². The fraction of sp³-hybridized carbons (Fsp3) is 0.750. The lowest BCUT2D eigenvalue weighted by atomic mass is 10.3. The van der Waals surface area contributed by atoms with E-state index in [1.165, 1.54) is 12.8 Å². The Kier molecular flexibility index (Phi) is 4.36. The second-order valence-electron chi connectivity index (χ2n) is 4.48. The summed E-state index contributed by atoms with van der Waals surface area (Å²) in [5.41, 5.74) is 1.13. The number of nitrogens with one attached hydrogen (secondary N) is 1. The molecule has 0 spiro atoms. The van der Waals surface area contributed by atoms with Crippen LogP contribution in [0, 0.1) is 0 Å². The molecule has 1 heterocycles. The van der Waals surface area contributed by atoms with E-state index in [4.69, 9.17) is 9.72 Å². The lowest BCUT2D eigenvalue weighted by Crippen LogP contribution is -2.29. The molecule has 1 aromatic rings. The van der Waals surface area contributed by atoms with E-state index in [1.54, 1.807) is 18.4 Å². The van der Waals surface area contributed by atoms with Crippen molar-refractivity contribution in [2.75, 3.05) is 32.2 Å². The molecule has 1 saturated carbocycles. The van der Waals surface area contributed by atoms with Crippen LogP contribution in [0.2, 0.25) is 0 Å². The lowest BCUT2D eigenvalue weighted by Gasteiger charge is -2.20. The van der Waals surface area contributed by atoms with Crippen molar-refractivity contribution in [3.05, 3.63) is 11.1 Å². The molecule has 0 radical (unpaired) electrons. The summed E-state index contributed by atoms with van der Waals surface area (Å²) in [6.07, 6.45) is 2.58. The normalized spacial score (nSPS) is 17.1. The Morgan fingerprint density at radius 3 is 3.00 bits per heavy atom. The monoisotopic (exact) mass is 255 g/mol. The van der Waals surface area contributed by atoms with Crippen molar-refractivity contribution in [2.45, 2.75) is 31.8 Å². The van der Waals surface area contributed by atoms with Crippen molar-refractivity contribution >= 4 is 16.5 Å². The Balaban J connectivity index is 2.04. The van der Waals surface area contributed by atoms with Gasteiger partial charge in [0.1, 0.15) is 0 Å². The summed E-state index contributed by atoms with van der Waals surface area (Å²) in [7, 11) is 3.72. The first-order chi connectivity index (χ1) is 8.26. The van der Waals surface area contributed by atoms with Crippen molar-refractivity contribution in [3.63, 3.8) is 0 Å². The van der Waals surface area contributed by atoms with Crippen molar-refractivity contribution < 1.29 is 4.74 Å². The minimum absolute atomic E-state index is 0.323.